The Balaban J connectivity index is 1.35. The highest BCUT2D eigenvalue weighted by atomic mass is 31.2. The standard InChI is InChI=1S/C23H24FN4O6P/c24-17-5-1-4-16(12-17)9-11-32-22-8-2-6-18(26-22)13-19-14-21(34-27-19)20-7-3-10-28(23(20)25)15-33-35(29,30)31/h1-8,10,12,14,23H,9,11,13,15,25H2,(H2,29,30,31). The fraction of sp³-hybridized carbons (Fsp3) is 0.217. The number of hydrogen-bond donors (Lipinski definition) is 3. The van der Waals surface area contributed by atoms with Crippen molar-refractivity contribution < 1.29 is 32.5 Å². The van der Waals surface area contributed by atoms with Crippen LogP contribution in [-0.2, 0) is 21.9 Å². The highest BCUT2D eigenvalue weighted by Crippen LogP contribution is 2.36. The summed E-state index contributed by atoms with van der Waals surface area (Å²) in [6, 6.07) is 13.5. The Morgan fingerprint density at radius 2 is 2.00 bits per heavy atom. The molecular weight excluding hydrogens is 478 g/mol. The third kappa shape index (κ3) is 7.08. The van der Waals surface area contributed by atoms with Crippen LogP contribution in [0.25, 0.3) is 5.57 Å². The number of hydrogen-bond acceptors (Lipinski definition) is 8. The zero-order valence-corrected chi connectivity index (χ0v) is 19.4. The van der Waals surface area contributed by atoms with E-state index in [0.717, 1.165) is 5.56 Å². The molecule has 2 aromatic heterocycles. The number of pyridine rings is 1. The van der Waals surface area contributed by atoms with E-state index < -0.39 is 20.7 Å². The van der Waals surface area contributed by atoms with Crippen molar-refractivity contribution in [3.63, 3.8) is 0 Å². The SMILES string of the molecule is NC1C(c2cc(Cc3cccc(OCCc4cccc(F)c4)n3)no2)=CC=CN1COP(=O)(O)O. The molecule has 1 aliphatic heterocycles. The van der Waals surface area contributed by atoms with Crippen LogP contribution in [0.2, 0.25) is 0 Å². The van der Waals surface area contributed by atoms with Gasteiger partial charge in [-0.2, -0.15) is 0 Å². The Hall–Kier alpha value is -3.34. The van der Waals surface area contributed by atoms with Gasteiger partial charge in [0.25, 0.3) is 0 Å². The van der Waals surface area contributed by atoms with Gasteiger partial charge in [-0.1, -0.05) is 29.4 Å². The molecule has 0 saturated carbocycles. The van der Waals surface area contributed by atoms with Crippen molar-refractivity contribution in [2.24, 2.45) is 5.73 Å². The molecule has 10 nitrogen and oxygen atoms in total. The summed E-state index contributed by atoms with van der Waals surface area (Å²) in [5, 5.41) is 4.09. The van der Waals surface area contributed by atoms with Crippen molar-refractivity contribution in [1.29, 1.82) is 0 Å². The third-order valence-electron chi connectivity index (χ3n) is 5.12. The molecule has 0 fully saturated rings. The van der Waals surface area contributed by atoms with Crippen molar-refractivity contribution in [2.45, 2.75) is 19.0 Å². The average Bonchev–Trinajstić information content (AvgIpc) is 3.26. The molecule has 0 amide bonds. The maximum absolute atomic E-state index is 13.3. The number of ether oxygens (including phenoxy) is 1. The normalized spacial score (nSPS) is 15.8. The van der Waals surface area contributed by atoms with Crippen LogP contribution in [0.3, 0.4) is 0 Å². The number of rotatable bonds is 10. The quantitative estimate of drug-likeness (QED) is 0.354. The topological polar surface area (TPSA) is 144 Å². The van der Waals surface area contributed by atoms with Crippen LogP contribution in [0.4, 0.5) is 4.39 Å². The van der Waals surface area contributed by atoms with E-state index in [9.17, 15) is 8.96 Å². The summed E-state index contributed by atoms with van der Waals surface area (Å²) in [5.74, 6) is 0.587. The number of allylic oxidation sites excluding steroid dienone is 2. The first kappa shape index (κ1) is 24.8. The molecule has 3 aromatic rings. The number of benzene rings is 1. The minimum absolute atomic E-state index is 0.280. The highest BCUT2D eigenvalue weighted by Gasteiger charge is 2.25. The van der Waals surface area contributed by atoms with Crippen LogP contribution in [-0.4, -0.2) is 44.3 Å². The van der Waals surface area contributed by atoms with E-state index in [0.29, 0.717) is 48.0 Å². The first-order valence-corrected chi connectivity index (χ1v) is 12.2. The zero-order chi connectivity index (χ0) is 24.8. The molecule has 184 valence electrons. The van der Waals surface area contributed by atoms with Gasteiger partial charge in [0, 0.05) is 36.7 Å². The molecule has 0 radical (unpaired) electrons. The van der Waals surface area contributed by atoms with E-state index >= 15 is 0 Å². The van der Waals surface area contributed by atoms with Gasteiger partial charge in [0.1, 0.15) is 18.7 Å². The molecule has 3 heterocycles. The Morgan fingerprint density at radius 3 is 2.80 bits per heavy atom. The molecule has 4 rings (SSSR count). The van der Waals surface area contributed by atoms with Crippen molar-refractivity contribution >= 4 is 13.4 Å². The van der Waals surface area contributed by atoms with Crippen LogP contribution < -0.4 is 10.5 Å². The summed E-state index contributed by atoms with van der Waals surface area (Å²) in [5.41, 5.74) is 8.94. The lowest BCUT2D eigenvalue weighted by Crippen LogP contribution is -2.41. The molecule has 4 N–H and O–H groups in total. The second-order valence-electron chi connectivity index (χ2n) is 7.73. The molecule has 1 unspecified atom stereocenters. The Bertz CT molecular complexity index is 1270. The number of phosphoric ester groups is 1. The van der Waals surface area contributed by atoms with Crippen molar-refractivity contribution in [1.82, 2.24) is 15.0 Å². The highest BCUT2D eigenvalue weighted by molar-refractivity contribution is 7.46. The number of nitrogens with two attached hydrogens (primary N) is 1. The maximum Gasteiger partial charge on any atom is 0.471 e. The van der Waals surface area contributed by atoms with Gasteiger partial charge < -0.3 is 29.7 Å². The van der Waals surface area contributed by atoms with Crippen molar-refractivity contribution in [3.8, 4) is 5.88 Å². The molecule has 1 aromatic carbocycles. The van der Waals surface area contributed by atoms with Gasteiger partial charge in [-0.25, -0.2) is 13.9 Å². The lowest BCUT2D eigenvalue weighted by molar-refractivity contribution is 0.110. The van der Waals surface area contributed by atoms with Gasteiger partial charge in [0.15, 0.2) is 5.76 Å². The second kappa shape index (κ2) is 10.9. The minimum atomic E-state index is -4.63. The predicted molar refractivity (Wildman–Crippen MR) is 124 cm³/mol. The van der Waals surface area contributed by atoms with Crippen LogP contribution in [0.15, 0.2) is 71.4 Å². The van der Waals surface area contributed by atoms with E-state index in [-0.39, 0.29) is 5.82 Å². The summed E-state index contributed by atoms with van der Waals surface area (Å²) in [7, 11) is -4.63. The summed E-state index contributed by atoms with van der Waals surface area (Å²) in [6.45, 7) is -0.0357. The smallest absolute Gasteiger partial charge is 0.471 e. The van der Waals surface area contributed by atoms with E-state index in [2.05, 4.69) is 14.7 Å². The van der Waals surface area contributed by atoms with Gasteiger partial charge in [0.2, 0.25) is 5.88 Å². The predicted octanol–water partition coefficient (Wildman–Crippen LogP) is 2.99. The van der Waals surface area contributed by atoms with E-state index in [1.54, 1.807) is 36.6 Å². The summed E-state index contributed by atoms with van der Waals surface area (Å²) >= 11 is 0. The molecule has 0 saturated heterocycles. The Labute approximate surface area is 200 Å². The molecule has 35 heavy (non-hydrogen) atoms. The van der Waals surface area contributed by atoms with Crippen LogP contribution >= 0.6 is 7.82 Å². The fourth-order valence-electron chi connectivity index (χ4n) is 3.44. The lowest BCUT2D eigenvalue weighted by atomic mass is 10.1. The maximum atomic E-state index is 13.3. The monoisotopic (exact) mass is 502 g/mol. The van der Waals surface area contributed by atoms with E-state index in [1.165, 1.54) is 17.0 Å². The van der Waals surface area contributed by atoms with Crippen LogP contribution in [0.1, 0.15) is 22.7 Å². The number of phosphoric acid groups is 1. The lowest BCUT2D eigenvalue weighted by Gasteiger charge is -2.30. The molecule has 0 bridgehead atoms. The average molecular weight is 502 g/mol. The number of halogens is 1. The Kier molecular flexibility index (Phi) is 7.74. The third-order valence-corrected chi connectivity index (χ3v) is 5.57. The van der Waals surface area contributed by atoms with Crippen molar-refractivity contribution in [2.75, 3.05) is 13.3 Å². The molecular formula is C23H24FN4O6P. The minimum Gasteiger partial charge on any atom is -0.477 e. The second-order valence-corrected chi connectivity index (χ2v) is 8.97. The zero-order valence-electron chi connectivity index (χ0n) is 18.5. The van der Waals surface area contributed by atoms with Crippen LogP contribution in [0, 0.1) is 5.82 Å². The first-order valence-electron chi connectivity index (χ1n) is 10.7. The fourth-order valence-corrected chi connectivity index (χ4v) is 3.72. The number of aromatic nitrogens is 2. The van der Waals surface area contributed by atoms with Gasteiger partial charge in [-0.05, 0) is 29.8 Å². The van der Waals surface area contributed by atoms with E-state index in [1.807, 2.05) is 18.2 Å². The molecule has 1 atom stereocenters. The largest absolute Gasteiger partial charge is 0.477 e. The van der Waals surface area contributed by atoms with Gasteiger partial charge >= 0.3 is 7.82 Å². The summed E-state index contributed by atoms with van der Waals surface area (Å²) in [6.07, 6.45) is 5.14. The molecule has 12 heteroatoms. The molecule has 0 spiro atoms. The van der Waals surface area contributed by atoms with Crippen LogP contribution in [0.5, 0.6) is 5.88 Å². The molecule has 1 aliphatic rings. The number of nitrogens with zero attached hydrogens (tertiary/aromatic N) is 3. The van der Waals surface area contributed by atoms with Gasteiger partial charge in [0.05, 0.1) is 18.0 Å². The Morgan fingerprint density at radius 1 is 1.17 bits per heavy atom. The first-order chi connectivity index (χ1) is 16.8. The molecule has 0 aliphatic carbocycles. The van der Waals surface area contributed by atoms with Gasteiger partial charge in [-0.15, -0.1) is 0 Å². The van der Waals surface area contributed by atoms with Crippen molar-refractivity contribution in [3.05, 3.63) is 95.4 Å². The summed E-state index contributed by atoms with van der Waals surface area (Å²) in [4.78, 5) is 23.7. The summed E-state index contributed by atoms with van der Waals surface area (Å²) < 4.78 is 40.0. The van der Waals surface area contributed by atoms with Gasteiger partial charge in [-0.3, -0.25) is 4.52 Å². The van der Waals surface area contributed by atoms with E-state index in [4.69, 9.17) is 24.8 Å².